The van der Waals surface area contributed by atoms with Crippen molar-refractivity contribution < 1.29 is 0 Å². The van der Waals surface area contributed by atoms with E-state index in [1.54, 1.807) is 0 Å². The van der Waals surface area contributed by atoms with Crippen LogP contribution in [0.3, 0.4) is 0 Å². The van der Waals surface area contributed by atoms with E-state index in [1.165, 1.54) is 0 Å². The Morgan fingerprint density at radius 1 is 1.08 bits per heavy atom. The molecule has 0 amide bonds. The molecule has 0 aromatic carbocycles. The maximum Gasteiger partial charge on any atom is 0.102 e. The lowest BCUT2D eigenvalue weighted by Gasteiger charge is -2.21. The van der Waals surface area contributed by atoms with Gasteiger partial charge in [0.2, 0.25) is 0 Å². The predicted octanol–water partition coefficient (Wildman–Crippen LogP) is 2.37. The summed E-state index contributed by atoms with van der Waals surface area (Å²) in [5.41, 5.74) is 0. The highest BCUT2D eigenvalue weighted by molar-refractivity contribution is 8.21. The first-order valence-electron chi connectivity index (χ1n) is 3.68. The Morgan fingerprint density at radius 2 is 1.54 bits per heavy atom. The largest absolute Gasteiger partial charge is 0.230 e. The van der Waals surface area contributed by atoms with Crippen LogP contribution < -0.4 is 0 Å². The van der Waals surface area contributed by atoms with Gasteiger partial charge in [-0.3, -0.25) is 0 Å². The average Bonchev–Trinajstić information content (AvgIpc) is 2.61. The average molecular weight is 248 g/mol. The maximum atomic E-state index is 4.55. The van der Waals surface area contributed by atoms with Gasteiger partial charge in [-0.05, 0) is 24.4 Å². The Morgan fingerprint density at radius 3 is 1.92 bits per heavy atom. The van der Waals surface area contributed by atoms with E-state index in [9.17, 15) is 0 Å². The molecule has 0 spiro atoms. The SMILES string of the molecule is S=C=NCC1(CN=C=S)SCCS1. The fourth-order valence-electron chi connectivity index (χ4n) is 1.04. The summed E-state index contributed by atoms with van der Waals surface area (Å²) in [5, 5.41) is 4.78. The van der Waals surface area contributed by atoms with Crippen molar-refractivity contribution in [2.75, 3.05) is 24.6 Å². The molecule has 0 aliphatic carbocycles. The number of nitrogens with zero attached hydrogens (tertiary/aromatic N) is 2. The van der Waals surface area contributed by atoms with Gasteiger partial charge in [-0.2, -0.15) is 0 Å². The summed E-state index contributed by atoms with van der Waals surface area (Å²) in [7, 11) is 0. The first kappa shape index (κ1) is 11.4. The van der Waals surface area contributed by atoms with Gasteiger partial charge in [0.25, 0.3) is 0 Å². The van der Waals surface area contributed by atoms with Gasteiger partial charge in [-0.15, -0.1) is 23.5 Å². The minimum Gasteiger partial charge on any atom is -0.230 e. The van der Waals surface area contributed by atoms with Crippen molar-refractivity contribution in [3.63, 3.8) is 0 Å². The topological polar surface area (TPSA) is 24.7 Å². The van der Waals surface area contributed by atoms with Gasteiger partial charge < -0.3 is 0 Å². The Bertz CT molecular complexity index is 238. The second-order valence-electron chi connectivity index (χ2n) is 2.42. The van der Waals surface area contributed by atoms with E-state index >= 15 is 0 Å². The van der Waals surface area contributed by atoms with E-state index in [0.717, 1.165) is 11.5 Å². The van der Waals surface area contributed by atoms with Gasteiger partial charge in [0.15, 0.2) is 0 Å². The van der Waals surface area contributed by atoms with Gasteiger partial charge in [0.05, 0.1) is 23.4 Å². The van der Waals surface area contributed by atoms with Crippen molar-refractivity contribution >= 4 is 58.3 Å². The van der Waals surface area contributed by atoms with Gasteiger partial charge >= 0.3 is 0 Å². The summed E-state index contributed by atoms with van der Waals surface area (Å²) >= 11 is 12.8. The molecule has 1 fully saturated rings. The number of rotatable bonds is 4. The van der Waals surface area contributed by atoms with Gasteiger partial charge in [-0.1, -0.05) is 0 Å². The standard InChI is InChI=1S/C7H8N2S4/c10-5-8-3-7(4-9-6-11)12-1-2-13-7/h1-4H2. The van der Waals surface area contributed by atoms with Gasteiger partial charge in [0, 0.05) is 11.5 Å². The lowest BCUT2D eigenvalue weighted by Crippen LogP contribution is -2.25. The number of aliphatic imine (C=N–C) groups is 2. The van der Waals surface area contributed by atoms with E-state index in [-0.39, 0.29) is 4.08 Å². The summed E-state index contributed by atoms with van der Waals surface area (Å²) in [4.78, 5) is 7.96. The van der Waals surface area contributed by atoms with Crippen molar-refractivity contribution in [3.8, 4) is 0 Å². The molecule has 0 bridgehead atoms. The third kappa shape index (κ3) is 3.50. The first-order chi connectivity index (χ1) is 6.33. The lowest BCUT2D eigenvalue weighted by molar-refractivity contribution is 0.825. The first-order valence-corrected chi connectivity index (χ1v) is 6.47. The summed E-state index contributed by atoms with van der Waals surface area (Å²) < 4.78 is 0.0393. The van der Waals surface area contributed by atoms with Crippen LogP contribution >= 0.6 is 48.0 Å². The molecule has 2 nitrogen and oxygen atoms in total. The Labute approximate surface area is 96.7 Å². The third-order valence-corrected chi connectivity index (χ3v) is 5.19. The molecule has 0 unspecified atom stereocenters. The van der Waals surface area contributed by atoms with Crippen molar-refractivity contribution in [2.24, 2.45) is 9.98 Å². The summed E-state index contributed by atoms with van der Waals surface area (Å²) in [6.45, 7) is 1.35. The van der Waals surface area contributed by atoms with Gasteiger partial charge in [-0.25, -0.2) is 9.98 Å². The second kappa shape index (κ2) is 5.91. The number of thioether (sulfide) groups is 2. The van der Waals surface area contributed by atoms with E-state index in [2.05, 4.69) is 44.7 Å². The highest BCUT2D eigenvalue weighted by Gasteiger charge is 2.35. The zero-order valence-electron chi connectivity index (χ0n) is 6.86. The number of thiocarbonyl (C=S) groups is 2. The van der Waals surface area contributed by atoms with E-state index in [1.807, 2.05) is 23.5 Å². The van der Waals surface area contributed by atoms with E-state index < -0.39 is 0 Å². The summed E-state index contributed by atoms with van der Waals surface area (Å²) in [6.07, 6.45) is 0. The van der Waals surface area contributed by atoms with Crippen LogP contribution in [0.5, 0.6) is 0 Å². The van der Waals surface area contributed by atoms with E-state index in [0.29, 0.717) is 13.1 Å². The molecule has 0 saturated carbocycles. The van der Waals surface area contributed by atoms with Crippen LogP contribution in [-0.4, -0.2) is 39.0 Å². The molecule has 1 saturated heterocycles. The normalized spacial score (nSPS) is 18.8. The Kier molecular flexibility index (Phi) is 5.17. The van der Waals surface area contributed by atoms with Gasteiger partial charge in [0.1, 0.15) is 4.08 Å². The highest BCUT2D eigenvalue weighted by Crippen LogP contribution is 2.44. The molecule has 13 heavy (non-hydrogen) atoms. The molecular formula is C7H8N2S4. The van der Waals surface area contributed by atoms with Crippen LogP contribution in [0, 0.1) is 0 Å². The van der Waals surface area contributed by atoms with Crippen LogP contribution in [0.15, 0.2) is 9.98 Å². The minimum absolute atomic E-state index is 0.0393. The molecule has 1 aliphatic rings. The second-order valence-corrected chi connectivity index (χ2v) is 6.00. The fraction of sp³-hybridized carbons (Fsp3) is 0.714. The Balaban J connectivity index is 2.61. The maximum absolute atomic E-state index is 4.55. The zero-order valence-corrected chi connectivity index (χ0v) is 10.1. The highest BCUT2D eigenvalue weighted by atomic mass is 32.2. The Hall–Kier alpha value is 0.300. The molecule has 0 atom stereocenters. The molecular weight excluding hydrogens is 240 g/mol. The van der Waals surface area contributed by atoms with Crippen LogP contribution in [0.25, 0.3) is 0 Å². The fourth-order valence-corrected chi connectivity index (χ4v) is 4.03. The quantitative estimate of drug-likeness (QED) is 0.563. The minimum atomic E-state index is 0.0393. The lowest BCUT2D eigenvalue weighted by atomic mass is 10.4. The molecule has 0 radical (unpaired) electrons. The van der Waals surface area contributed by atoms with Crippen molar-refractivity contribution in [2.45, 2.75) is 4.08 Å². The molecule has 70 valence electrons. The molecule has 1 aliphatic heterocycles. The number of hydrogen-bond donors (Lipinski definition) is 0. The number of isothiocyanates is 2. The number of hydrogen-bond acceptors (Lipinski definition) is 6. The van der Waals surface area contributed by atoms with E-state index in [4.69, 9.17) is 0 Å². The summed E-state index contributed by atoms with van der Waals surface area (Å²) in [6, 6.07) is 0. The van der Waals surface area contributed by atoms with Crippen LogP contribution in [0.4, 0.5) is 0 Å². The third-order valence-electron chi connectivity index (χ3n) is 1.58. The monoisotopic (exact) mass is 248 g/mol. The van der Waals surface area contributed by atoms with Crippen LogP contribution in [0.1, 0.15) is 0 Å². The zero-order chi connectivity index (χ0) is 9.57. The molecule has 6 heteroatoms. The van der Waals surface area contributed by atoms with Crippen molar-refractivity contribution in [3.05, 3.63) is 0 Å². The van der Waals surface area contributed by atoms with Crippen LogP contribution in [0.2, 0.25) is 0 Å². The summed E-state index contributed by atoms with van der Waals surface area (Å²) in [5.74, 6) is 2.29. The molecule has 0 N–H and O–H groups in total. The molecule has 1 rings (SSSR count). The molecule has 0 aromatic rings. The molecule has 1 heterocycles. The smallest absolute Gasteiger partial charge is 0.102 e. The predicted molar refractivity (Wildman–Crippen MR) is 67.4 cm³/mol. The molecule has 0 aromatic heterocycles. The van der Waals surface area contributed by atoms with Crippen LogP contribution in [-0.2, 0) is 0 Å². The van der Waals surface area contributed by atoms with Crippen molar-refractivity contribution in [1.82, 2.24) is 0 Å². The van der Waals surface area contributed by atoms with Crippen molar-refractivity contribution in [1.29, 1.82) is 0 Å².